The number of hydrogen-bond donors (Lipinski definition) is 1. The van der Waals surface area contributed by atoms with E-state index in [-0.39, 0.29) is 11.2 Å². The van der Waals surface area contributed by atoms with Gasteiger partial charge in [-0.15, -0.1) is 0 Å². The van der Waals surface area contributed by atoms with Gasteiger partial charge in [-0.3, -0.25) is 4.90 Å². The van der Waals surface area contributed by atoms with E-state index in [1.165, 1.54) is 28.4 Å². The number of H-pyrrole nitrogens is 1. The molecule has 0 fully saturated rings. The lowest BCUT2D eigenvalue weighted by atomic mass is 9.90. The fourth-order valence-corrected chi connectivity index (χ4v) is 5.73. The van der Waals surface area contributed by atoms with Gasteiger partial charge in [0.25, 0.3) is 0 Å². The first kappa shape index (κ1) is 22.0. The number of aromatic amines is 1. The van der Waals surface area contributed by atoms with Crippen molar-refractivity contribution < 1.29 is 13.2 Å². The molecule has 8 heteroatoms. The van der Waals surface area contributed by atoms with E-state index in [0.717, 1.165) is 25.1 Å². The summed E-state index contributed by atoms with van der Waals surface area (Å²) in [5.74, 6) is 0.409. The van der Waals surface area contributed by atoms with Gasteiger partial charge in [0.2, 0.25) is 15.0 Å². The van der Waals surface area contributed by atoms with Gasteiger partial charge in [0.05, 0.1) is 17.9 Å². The van der Waals surface area contributed by atoms with Crippen LogP contribution in [0.15, 0.2) is 35.6 Å². The van der Waals surface area contributed by atoms with E-state index < -0.39 is 9.84 Å². The van der Waals surface area contributed by atoms with Crippen molar-refractivity contribution in [2.45, 2.75) is 51.0 Å². The molecule has 2 aromatic heterocycles. The van der Waals surface area contributed by atoms with Crippen LogP contribution >= 0.6 is 0 Å². The van der Waals surface area contributed by atoms with Gasteiger partial charge in [0.1, 0.15) is 0 Å². The van der Waals surface area contributed by atoms with Crippen LogP contribution < -0.4 is 0 Å². The number of ether oxygens (including phenoxy) is 1. The maximum atomic E-state index is 12.3. The molecule has 0 radical (unpaired) electrons. The lowest BCUT2D eigenvalue weighted by molar-refractivity contribution is 0.129. The first-order valence-electron chi connectivity index (χ1n) is 10.9. The van der Waals surface area contributed by atoms with E-state index in [2.05, 4.69) is 53.0 Å². The predicted octanol–water partition coefficient (Wildman–Crippen LogP) is 3.56. The number of fused-ring (bicyclic) bond motifs is 3. The average Bonchev–Trinajstić information content (AvgIpc) is 3.29. The maximum absolute atomic E-state index is 12.3. The van der Waals surface area contributed by atoms with Crippen LogP contribution in [0.25, 0.3) is 10.9 Å². The number of nitrogens with one attached hydrogen (secondary N) is 1. The third kappa shape index (κ3) is 4.29. The molecule has 0 aliphatic carbocycles. The van der Waals surface area contributed by atoms with Crippen LogP contribution in [0, 0.1) is 5.92 Å². The number of nitrogens with zero attached hydrogens (tertiary/aromatic N) is 3. The molecule has 168 valence electrons. The summed E-state index contributed by atoms with van der Waals surface area (Å²) in [5.41, 5.74) is 4.82. The van der Waals surface area contributed by atoms with Gasteiger partial charge in [-0.2, -0.15) is 0 Å². The highest BCUT2D eigenvalue weighted by atomic mass is 32.2. The zero-order valence-electron chi connectivity index (χ0n) is 18.8. The second kappa shape index (κ2) is 8.76. The molecule has 0 saturated heterocycles. The van der Waals surface area contributed by atoms with Crippen molar-refractivity contribution in [1.82, 2.24) is 19.4 Å². The van der Waals surface area contributed by atoms with E-state index in [0.29, 0.717) is 25.6 Å². The summed E-state index contributed by atoms with van der Waals surface area (Å²) in [7, 11) is -1.74. The summed E-state index contributed by atoms with van der Waals surface area (Å²) < 4.78 is 31.6. The molecule has 1 unspecified atom stereocenters. The number of methoxy groups -OCH3 is 1. The molecular formula is C23H32N4O3S. The van der Waals surface area contributed by atoms with Crippen LogP contribution in [-0.2, 0) is 34.1 Å². The highest BCUT2D eigenvalue weighted by Crippen LogP contribution is 2.39. The quantitative estimate of drug-likeness (QED) is 0.538. The Morgan fingerprint density at radius 2 is 2.06 bits per heavy atom. The number of para-hydroxylation sites is 1. The molecule has 4 rings (SSSR count). The van der Waals surface area contributed by atoms with Gasteiger partial charge in [-0.1, -0.05) is 32.0 Å². The minimum atomic E-state index is -3.40. The van der Waals surface area contributed by atoms with E-state index in [1.54, 1.807) is 13.3 Å². The highest BCUT2D eigenvalue weighted by molar-refractivity contribution is 7.90. The van der Waals surface area contributed by atoms with Crippen molar-refractivity contribution in [2.24, 2.45) is 5.92 Å². The number of sulfone groups is 1. The molecule has 7 nitrogen and oxygen atoms in total. The largest absolute Gasteiger partial charge is 0.385 e. The fraction of sp³-hybridized carbons (Fsp3) is 0.522. The molecule has 0 saturated carbocycles. The molecule has 0 spiro atoms. The highest BCUT2D eigenvalue weighted by Gasteiger charge is 2.33. The van der Waals surface area contributed by atoms with Gasteiger partial charge < -0.3 is 14.3 Å². The van der Waals surface area contributed by atoms with Crippen molar-refractivity contribution >= 4 is 20.7 Å². The average molecular weight is 445 g/mol. The molecule has 3 heterocycles. The van der Waals surface area contributed by atoms with Crippen LogP contribution in [-0.4, -0.2) is 54.4 Å². The second-order valence-corrected chi connectivity index (χ2v) is 10.7. The number of rotatable bonds is 8. The Hall–Kier alpha value is -2.16. The summed E-state index contributed by atoms with van der Waals surface area (Å²) in [6.45, 7) is 7.23. The predicted molar refractivity (Wildman–Crippen MR) is 122 cm³/mol. The molecule has 3 aromatic rings. The monoisotopic (exact) mass is 444 g/mol. The molecular weight excluding hydrogens is 412 g/mol. The maximum Gasteiger partial charge on any atom is 0.227 e. The van der Waals surface area contributed by atoms with Crippen molar-refractivity contribution in [3.05, 3.63) is 47.4 Å². The Morgan fingerprint density at radius 1 is 1.29 bits per heavy atom. The molecule has 0 bridgehead atoms. The fourth-order valence-electron chi connectivity index (χ4n) is 4.88. The Labute approximate surface area is 184 Å². The summed E-state index contributed by atoms with van der Waals surface area (Å²) in [6, 6.07) is 8.73. The summed E-state index contributed by atoms with van der Waals surface area (Å²) in [4.78, 5) is 10.4. The Bertz CT molecular complexity index is 1160. The van der Waals surface area contributed by atoms with Gasteiger partial charge in [-0.05, 0) is 30.4 Å². The minimum absolute atomic E-state index is 0.142. The molecule has 1 aliphatic heterocycles. The molecule has 31 heavy (non-hydrogen) atoms. The smallest absolute Gasteiger partial charge is 0.227 e. The van der Waals surface area contributed by atoms with Gasteiger partial charge >= 0.3 is 0 Å². The van der Waals surface area contributed by atoms with Crippen molar-refractivity contribution in [1.29, 1.82) is 0 Å². The SMILES string of the molecule is COCCCn1c(CN2CCc3c([nH]c4ccccc34)C2C(C)C)cnc1S(C)(=O)=O. The molecule has 0 amide bonds. The molecule has 1 aromatic carbocycles. The van der Waals surface area contributed by atoms with Crippen LogP contribution in [0.1, 0.15) is 43.3 Å². The Kier molecular flexibility index (Phi) is 6.23. The Morgan fingerprint density at radius 3 is 2.77 bits per heavy atom. The minimum Gasteiger partial charge on any atom is -0.385 e. The van der Waals surface area contributed by atoms with E-state index in [9.17, 15) is 8.42 Å². The number of aromatic nitrogens is 3. The van der Waals surface area contributed by atoms with Crippen LogP contribution in [0.2, 0.25) is 0 Å². The van der Waals surface area contributed by atoms with E-state index in [1.807, 2.05) is 4.57 Å². The van der Waals surface area contributed by atoms with Gasteiger partial charge in [0, 0.05) is 56.2 Å². The zero-order valence-corrected chi connectivity index (χ0v) is 19.6. The van der Waals surface area contributed by atoms with Crippen molar-refractivity contribution in [3.8, 4) is 0 Å². The third-order valence-corrected chi connectivity index (χ3v) is 7.13. The van der Waals surface area contributed by atoms with E-state index >= 15 is 0 Å². The first-order valence-corrected chi connectivity index (χ1v) is 12.8. The summed E-state index contributed by atoms with van der Waals surface area (Å²) >= 11 is 0. The second-order valence-electron chi connectivity index (χ2n) is 8.77. The van der Waals surface area contributed by atoms with Gasteiger partial charge in [-0.25, -0.2) is 13.4 Å². The summed E-state index contributed by atoms with van der Waals surface area (Å²) in [5, 5.41) is 1.45. The lowest BCUT2D eigenvalue weighted by Crippen LogP contribution is -2.38. The van der Waals surface area contributed by atoms with Crippen LogP contribution in [0.4, 0.5) is 0 Å². The third-order valence-electron chi connectivity index (χ3n) is 6.14. The van der Waals surface area contributed by atoms with E-state index in [4.69, 9.17) is 4.74 Å². The van der Waals surface area contributed by atoms with Gasteiger partial charge in [0.15, 0.2) is 0 Å². The van der Waals surface area contributed by atoms with Crippen LogP contribution in [0.3, 0.4) is 0 Å². The number of benzene rings is 1. The zero-order chi connectivity index (χ0) is 22.2. The molecule has 1 N–H and O–H groups in total. The normalized spacial score (nSPS) is 17.5. The topological polar surface area (TPSA) is 80.2 Å². The first-order chi connectivity index (χ1) is 14.8. The van der Waals surface area contributed by atoms with Crippen molar-refractivity contribution in [2.75, 3.05) is 26.5 Å². The number of imidazole rings is 1. The lowest BCUT2D eigenvalue weighted by Gasteiger charge is -2.38. The summed E-state index contributed by atoms with van der Waals surface area (Å²) in [6.07, 6.45) is 4.66. The van der Waals surface area contributed by atoms with Crippen LogP contribution in [0.5, 0.6) is 0 Å². The molecule has 1 aliphatic rings. The Balaban J connectivity index is 1.68. The molecule has 1 atom stereocenters. The number of hydrogen-bond acceptors (Lipinski definition) is 5. The standard InChI is InChI=1S/C23H32N4O3S/c1-16(2)22-21-19(18-8-5-6-9-20(18)25-21)10-12-26(22)15-17-14-24-23(31(4,28)29)27(17)11-7-13-30-3/h5-6,8-9,14,16,22,25H,7,10-13,15H2,1-4H3. The van der Waals surface area contributed by atoms with Crippen molar-refractivity contribution in [3.63, 3.8) is 0 Å².